The number of unbranched alkanes of at least 4 members (excludes halogenated alkanes) is 25. The van der Waals surface area contributed by atoms with Gasteiger partial charge in [-0.3, -0.25) is 32.5 Å². The molecule has 18 heteroatoms. The zero-order valence-corrected chi connectivity index (χ0v) is 62.2. The van der Waals surface area contributed by atoms with Gasteiger partial charge in [0, 0.05) is 19.3 Å². The fraction of sp³-hybridized carbons (Fsp3) is 0.684. The smallest absolute Gasteiger partial charge is 0.463 e. The predicted molar refractivity (Wildman–Crippen MR) is 399 cm³/mol. The van der Waals surface area contributed by atoms with Gasteiger partial charge in [-0.05, 0) is 128 Å². The quantitative estimate of drug-likeness (QED) is 0.0146. The second-order valence-corrected chi connectivity index (χ2v) is 27.6. The second-order valence-electron chi connectivity index (χ2n) is 24.7. The summed E-state index contributed by atoms with van der Waals surface area (Å²) in [6, 6.07) is 0. The standard InChI is InChI=1S/C79H134O16P2/c1-4-7-10-13-16-19-22-25-27-29-30-31-32-33-34-35-36-37-38-39-40-41-42-44-46-48-50-53-56-59-62-65-77(82)89-68-74(80)69-91-96(85,86)92-70-75(81)71-93-97(87,88)94-73-76(95-79(84)67-64-61-58-55-52-47-24-21-18-15-12-9-6-3)72-90-78(83)66-63-60-57-54-51-49-45-43-28-26-23-20-17-14-11-8-5-2/h7-8,10-12,15-17,19-21,24-28,30-31,33-34,36-37,74-76,80-81H,4-6,9,13-14,18,22-23,29,32,35,38-73H2,1-3H3,(H,85,86)(H,87,88)/b10-7-,11-8-,15-12-,19-16-,20-17-,24-21-,27-25-,28-26-,31-30-,34-33-,37-36-. The van der Waals surface area contributed by atoms with Crippen molar-refractivity contribution in [2.45, 2.75) is 309 Å². The molecule has 0 bridgehead atoms. The maximum absolute atomic E-state index is 12.9. The molecule has 0 fully saturated rings. The lowest BCUT2D eigenvalue weighted by atomic mass is 10.0. The number of hydrogen-bond donors (Lipinski definition) is 4. The average molecular weight is 1400 g/mol. The first-order valence-corrected chi connectivity index (χ1v) is 40.5. The van der Waals surface area contributed by atoms with Gasteiger partial charge in [-0.15, -0.1) is 0 Å². The first-order valence-electron chi connectivity index (χ1n) is 37.5. The van der Waals surface area contributed by atoms with Crippen molar-refractivity contribution in [1.29, 1.82) is 0 Å². The SMILES string of the molecule is CC/C=C\C/C=C\C/C=C\C/C=C\C/C=C\C/C=C\CCCCCCCCCCCCCCC(=O)OCC(O)COP(=O)(O)OCC(O)COP(=O)(O)OCC(COC(=O)CCCCCCCCC/C=C\C/C=C\C/C=C\CC)OC(=O)CCCCCCC/C=C\C/C=C\CCC. The van der Waals surface area contributed by atoms with Crippen LogP contribution in [0.15, 0.2) is 134 Å². The lowest BCUT2D eigenvalue weighted by Crippen LogP contribution is -2.30. The second kappa shape index (κ2) is 71.5. The van der Waals surface area contributed by atoms with Crippen molar-refractivity contribution in [3.05, 3.63) is 134 Å². The van der Waals surface area contributed by atoms with E-state index in [4.69, 9.17) is 32.3 Å². The van der Waals surface area contributed by atoms with Crippen LogP contribution in [0.25, 0.3) is 0 Å². The molecule has 5 atom stereocenters. The first kappa shape index (κ1) is 92.7. The molecule has 4 N–H and O–H groups in total. The van der Waals surface area contributed by atoms with Crippen molar-refractivity contribution < 1.29 is 75.8 Å². The van der Waals surface area contributed by atoms with Crippen molar-refractivity contribution in [2.24, 2.45) is 0 Å². The van der Waals surface area contributed by atoms with Crippen LogP contribution in [0, 0.1) is 0 Å². The summed E-state index contributed by atoms with van der Waals surface area (Å²) in [6.45, 7) is 2.35. The van der Waals surface area contributed by atoms with E-state index in [1.165, 1.54) is 51.4 Å². The molecule has 0 aromatic carbocycles. The highest BCUT2D eigenvalue weighted by molar-refractivity contribution is 7.47. The molecule has 5 unspecified atom stereocenters. The third kappa shape index (κ3) is 72.8. The third-order valence-electron chi connectivity index (χ3n) is 15.3. The summed E-state index contributed by atoms with van der Waals surface area (Å²) in [5.74, 6) is -1.61. The minimum atomic E-state index is -4.93. The molecule has 0 rings (SSSR count). The van der Waals surface area contributed by atoms with Gasteiger partial charge in [0.1, 0.15) is 25.4 Å². The van der Waals surface area contributed by atoms with Crippen LogP contribution in [-0.4, -0.2) is 95.9 Å². The Balaban J connectivity index is 4.45. The summed E-state index contributed by atoms with van der Waals surface area (Å²) in [5, 5.41) is 20.6. The maximum Gasteiger partial charge on any atom is 0.472 e. The molecule has 0 radical (unpaired) electrons. The van der Waals surface area contributed by atoms with E-state index in [9.17, 15) is 43.5 Å². The Bertz CT molecular complexity index is 2300. The van der Waals surface area contributed by atoms with Crippen LogP contribution >= 0.6 is 15.6 Å². The van der Waals surface area contributed by atoms with E-state index in [1.807, 2.05) is 0 Å². The largest absolute Gasteiger partial charge is 0.472 e. The van der Waals surface area contributed by atoms with E-state index >= 15 is 0 Å². The number of phosphoric ester groups is 2. The number of esters is 3. The van der Waals surface area contributed by atoms with Crippen molar-refractivity contribution in [1.82, 2.24) is 0 Å². The highest BCUT2D eigenvalue weighted by Crippen LogP contribution is 2.45. The Morgan fingerprint density at radius 2 is 0.546 bits per heavy atom. The number of allylic oxidation sites excluding steroid dienone is 22. The number of aliphatic hydroxyl groups excluding tert-OH is 2. The number of rotatable bonds is 70. The summed E-state index contributed by atoms with van der Waals surface area (Å²) < 4.78 is 61.0. The van der Waals surface area contributed by atoms with Crippen LogP contribution in [0.5, 0.6) is 0 Å². The molecule has 0 saturated carbocycles. The van der Waals surface area contributed by atoms with Crippen molar-refractivity contribution in [3.63, 3.8) is 0 Å². The predicted octanol–water partition coefficient (Wildman–Crippen LogP) is 21.5. The zero-order valence-electron chi connectivity index (χ0n) is 60.5. The van der Waals surface area contributed by atoms with Gasteiger partial charge in [-0.25, -0.2) is 9.13 Å². The van der Waals surface area contributed by atoms with Crippen molar-refractivity contribution in [2.75, 3.05) is 39.6 Å². The van der Waals surface area contributed by atoms with E-state index in [2.05, 4.69) is 154 Å². The van der Waals surface area contributed by atoms with Crippen LogP contribution in [0.2, 0.25) is 0 Å². The van der Waals surface area contributed by atoms with E-state index in [0.717, 1.165) is 180 Å². The molecule has 0 aliphatic rings. The molecule has 16 nitrogen and oxygen atoms in total. The van der Waals surface area contributed by atoms with Gasteiger partial charge in [0.25, 0.3) is 0 Å². The Morgan fingerprint density at radius 1 is 0.299 bits per heavy atom. The molecule has 0 aliphatic carbocycles. The minimum absolute atomic E-state index is 0.0840. The maximum atomic E-state index is 12.9. The van der Waals surface area contributed by atoms with Gasteiger partial charge in [-0.1, -0.05) is 276 Å². The molecule has 556 valence electrons. The van der Waals surface area contributed by atoms with Gasteiger partial charge in [-0.2, -0.15) is 0 Å². The average Bonchev–Trinajstić information content (AvgIpc) is 1.62. The van der Waals surface area contributed by atoms with Crippen LogP contribution < -0.4 is 0 Å². The molecular formula is C79H134O16P2. The van der Waals surface area contributed by atoms with Gasteiger partial charge in [0.15, 0.2) is 6.10 Å². The number of ether oxygens (including phenoxy) is 3. The Morgan fingerprint density at radius 3 is 0.866 bits per heavy atom. The Hall–Kier alpha value is -4.31. The summed E-state index contributed by atoms with van der Waals surface area (Å²) in [6.07, 6.45) is 85.1. The monoisotopic (exact) mass is 1400 g/mol. The molecule has 0 heterocycles. The highest BCUT2D eigenvalue weighted by Gasteiger charge is 2.29. The molecule has 0 aromatic heterocycles. The fourth-order valence-electron chi connectivity index (χ4n) is 9.69. The Kier molecular flexibility index (Phi) is 68.3. The summed E-state index contributed by atoms with van der Waals surface area (Å²) in [4.78, 5) is 58.5. The Labute approximate surface area is 588 Å². The van der Waals surface area contributed by atoms with Crippen LogP contribution in [-0.2, 0) is 55.8 Å². The minimum Gasteiger partial charge on any atom is -0.463 e. The van der Waals surface area contributed by atoms with E-state index < -0.39 is 91.5 Å². The van der Waals surface area contributed by atoms with Crippen LogP contribution in [0.3, 0.4) is 0 Å². The van der Waals surface area contributed by atoms with Crippen LogP contribution in [0.4, 0.5) is 0 Å². The number of carbonyl (C=O) groups excluding carboxylic acids is 3. The number of phosphoric acid groups is 2. The summed E-state index contributed by atoms with van der Waals surface area (Å²) in [5.41, 5.74) is 0. The summed E-state index contributed by atoms with van der Waals surface area (Å²) >= 11 is 0. The molecule has 97 heavy (non-hydrogen) atoms. The van der Waals surface area contributed by atoms with E-state index in [0.29, 0.717) is 19.3 Å². The van der Waals surface area contributed by atoms with E-state index in [-0.39, 0.29) is 19.3 Å². The molecule has 0 amide bonds. The van der Waals surface area contributed by atoms with Crippen LogP contribution in [0.1, 0.15) is 290 Å². The van der Waals surface area contributed by atoms with Crippen molar-refractivity contribution in [3.8, 4) is 0 Å². The van der Waals surface area contributed by atoms with Gasteiger partial charge >= 0.3 is 33.6 Å². The lowest BCUT2D eigenvalue weighted by molar-refractivity contribution is -0.161. The lowest BCUT2D eigenvalue weighted by Gasteiger charge is -2.21. The molecular weight excluding hydrogens is 1270 g/mol. The fourth-order valence-corrected chi connectivity index (χ4v) is 11.3. The van der Waals surface area contributed by atoms with Gasteiger partial charge < -0.3 is 34.2 Å². The molecule has 0 aliphatic heterocycles. The number of carbonyl (C=O) groups is 3. The topological polar surface area (TPSA) is 231 Å². The number of aliphatic hydroxyl groups is 2. The molecule has 0 aromatic rings. The van der Waals surface area contributed by atoms with Crippen molar-refractivity contribution >= 4 is 33.6 Å². The third-order valence-corrected chi connectivity index (χ3v) is 17.2. The zero-order chi connectivity index (χ0) is 70.9. The van der Waals surface area contributed by atoms with E-state index in [1.54, 1.807) is 0 Å². The molecule has 0 saturated heterocycles. The normalized spacial score (nSPS) is 14.8. The van der Waals surface area contributed by atoms with Gasteiger partial charge in [0.05, 0.1) is 26.4 Å². The molecule has 0 spiro atoms. The van der Waals surface area contributed by atoms with Gasteiger partial charge in [0.2, 0.25) is 0 Å². The number of hydrogen-bond acceptors (Lipinski definition) is 14. The first-order chi connectivity index (χ1) is 47.2. The summed E-state index contributed by atoms with van der Waals surface area (Å²) in [7, 11) is -9.79. The highest BCUT2D eigenvalue weighted by atomic mass is 31.2.